The Labute approximate surface area is 125 Å². The van der Waals surface area contributed by atoms with Crippen molar-refractivity contribution in [2.24, 2.45) is 0 Å². The Morgan fingerprint density at radius 2 is 2.30 bits per heavy atom. The molecule has 1 saturated carbocycles. The molecule has 0 saturated heterocycles. The van der Waals surface area contributed by atoms with Crippen LogP contribution in [0, 0.1) is 0 Å². The van der Waals surface area contributed by atoms with Crippen molar-refractivity contribution in [2.75, 3.05) is 13.4 Å². The van der Waals surface area contributed by atoms with Gasteiger partial charge in [-0.2, -0.15) is 11.8 Å². The van der Waals surface area contributed by atoms with Gasteiger partial charge >= 0.3 is 0 Å². The van der Waals surface area contributed by atoms with Gasteiger partial charge in [0.25, 0.3) is 0 Å². The number of carbonyl (C=O) groups is 1. The van der Waals surface area contributed by atoms with Crippen LogP contribution in [0.15, 0.2) is 24.3 Å². The van der Waals surface area contributed by atoms with Gasteiger partial charge in [0.2, 0.25) is 5.91 Å². The second kappa shape index (κ2) is 7.58. The number of ether oxygens (including phenoxy) is 1. The van der Waals surface area contributed by atoms with Crippen molar-refractivity contribution in [1.29, 1.82) is 0 Å². The summed E-state index contributed by atoms with van der Waals surface area (Å²) in [5.74, 6) is 0.917. The van der Waals surface area contributed by atoms with E-state index >= 15 is 0 Å². The molecule has 20 heavy (non-hydrogen) atoms. The summed E-state index contributed by atoms with van der Waals surface area (Å²) in [4.78, 5) is 12.1. The zero-order chi connectivity index (χ0) is 14.4. The highest BCUT2D eigenvalue weighted by Crippen LogP contribution is 2.26. The first kappa shape index (κ1) is 15.2. The van der Waals surface area contributed by atoms with E-state index in [-0.39, 0.29) is 5.91 Å². The predicted octanol–water partition coefficient (Wildman–Crippen LogP) is 3.03. The van der Waals surface area contributed by atoms with Crippen molar-refractivity contribution >= 4 is 17.7 Å². The summed E-state index contributed by atoms with van der Waals surface area (Å²) in [5, 5.41) is 3.88. The van der Waals surface area contributed by atoms with E-state index in [9.17, 15) is 4.79 Å². The number of rotatable bonds is 5. The number of methoxy groups -OCH3 is 1. The number of hydrogen-bond acceptors (Lipinski definition) is 3. The van der Waals surface area contributed by atoms with Gasteiger partial charge in [-0.25, -0.2) is 0 Å². The number of nitrogens with one attached hydrogen (secondary N) is 1. The fourth-order valence-corrected chi connectivity index (χ4v) is 3.56. The molecule has 0 aliphatic heterocycles. The van der Waals surface area contributed by atoms with Gasteiger partial charge < -0.3 is 10.1 Å². The van der Waals surface area contributed by atoms with Gasteiger partial charge in [-0.1, -0.05) is 18.6 Å². The fraction of sp³-hybridized carbons (Fsp3) is 0.562. The van der Waals surface area contributed by atoms with Gasteiger partial charge in [-0.05, 0) is 43.2 Å². The maximum absolute atomic E-state index is 12.1. The summed E-state index contributed by atoms with van der Waals surface area (Å²) in [6.45, 7) is 0. The van der Waals surface area contributed by atoms with Gasteiger partial charge in [0.1, 0.15) is 5.75 Å². The molecule has 2 rings (SSSR count). The van der Waals surface area contributed by atoms with Crippen LogP contribution >= 0.6 is 11.8 Å². The van der Waals surface area contributed by atoms with Crippen LogP contribution < -0.4 is 10.1 Å². The summed E-state index contributed by atoms with van der Waals surface area (Å²) in [7, 11) is 1.64. The van der Waals surface area contributed by atoms with Gasteiger partial charge in [0, 0.05) is 11.3 Å². The zero-order valence-corrected chi connectivity index (χ0v) is 13.0. The van der Waals surface area contributed by atoms with E-state index in [4.69, 9.17) is 4.74 Å². The van der Waals surface area contributed by atoms with Gasteiger partial charge in [0.15, 0.2) is 0 Å². The first-order chi connectivity index (χ1) is 9.71. The molecule has 1 aliphatic rings. The second-order valence-corrected chi connectivity index (χ2v) is 6.46. The number of carbonyl (C=O) groups excluding carboxylic acids is 1. The molecular weight excluding hydrogens is 270 g/mol. The van der Waals surface area contributed by atoms with Crippen molar-refractivity contribution in [3.63, 3.8) is 0 Å². The molecule has 3 nitrogen and oxygen atoms in total. The number of thioether (sulfide) groups is 1. The van der Waals surface area contributed by atoms with Crippen LogP contribution in [-0.2, 0) is 11.2 Å². The van der Waals surface area contributed by atoms with E-state index in [2.05, 4.69) is 11.6 Å². The van der Waals surface area contributed by atoms with E-state index in [0.29, 0.717) is 17.7 Å². The van der Waals surface area contributed by atoms with E-state index in [1.165, 1.54) is 12.8 Å². The van der Waals surface area contributed by atoms with E-state index in [1.807, 2.05) is 36.0 Å². The van der Waals surface area contributed by atoms with Crippen molar-refractivity contribution < 1.29 is 9.53 Å². The molecule has 0 aromatic heterocycles. The highest BCUT2D eigenvalue weighted by Gasteiger charge is 2.22. The Bertz CT molecular complexity index is 450. The Kier molecular flexibility index (Phi) is 5.77. The van der Waals surface area contributed by atoms with Crippen LogP contribution in [0.5, 0.6) is 5.75 Å². The number of hydrogen-bond donors (Lipinski definition) is 1. The van der Waals surface area contributed by atoms with Gasteiger partial charge in [0.05, 0.1) is 13.5 Å². The molecule has 2 atom stereocenters. The predicted molar refractivity (Wildman–Crippen MR) is 84.4 cm³/mol. The fourth-order valence-electron chi connectivity index (χ4n) is 2.74. The van der Waals surface area contributed by atoms with Crippen LogP contribution in [0.3, 0.4) is 0 Å². The SMILES string of the molecule is COc1cccc(CC(=O)N[C@@H]2CCC[C@@H](SC)C2)c1. The van der Waals surface area contributed by atoms with Crippen LogP contribution in [-0.4, -0.2) is 30.6 Å². The molecule has 4 heteroatoms. The van der Waals surface area contributed by atoms with E-state index in [0.717, 1.165) is 24.2 Å². The lowest BCUT2D eigenvalue weighted by Gasteiger charge is -2.28. The smallest absolute Gasteiger partial charge is 0.224 e. The monoisotopic (exact) mass is 293 g/mol. The first-order valence-corrected chi connectivity index (χ1v) is 8.45. The van der Waals surface area contributed by atoms with Crippen LogP contribution in [0.1, 0.15) is 31.2 Å². The maximum atomic E-state index is 12.1. The molecule has 1 aromatic carbocycles. The molecule has 1 fully saturated rings. The topological polar surface area (TPSA) is 38.3 Å². The Morgan fingerprint density at radius 1 is 1.45 bits per heavy atom. The molecule has 1 N–H and O–H groups in total. The standard InChI is InChI=1S/C16H23NO2S/c1-19-14-7-3-5-12(9-14)10-16(18)17-13-6-4-8-15(11-13)20-2/h3,5,7,9,13,15H,4,6,8,10-11H2,1-2H3,(H,17,18)/t13-,15-/m1/s1. The number of benzene rings is 1. The van der Waals surface area contributed by atoms with Crippen LogP contribution in [0.4, 0.5) is 0 Å². The third-order valence-corrected chi connectivity index (χ3v) is 4.92. The number of amides is 1. The molecule has 0 heterocycles. The molecule has 0 bridgehead atoms. The quantitative estimate of drug-likeness (QED) is 0.907. The van der Waals surface area contributed by atoms with Crippen molar-refractivity contribution in [2.45, 2.75) is 43.4 Å². The lowest BCUT2D eigenvalue weighted by atomic mass is 9.94. The average Bonchev–Trinajstić information content (AvgIpc) is 2.47. The highest BCUT2D eigenvalue weighted by atomic mass is 32.2. The average molecular weight is 293 g/mol. The summed E-state index contributed by atoms with van der Waals surface area (Å²) in [5.41, 5.74) is 0.999. The Morgan fingerprint density at radius 3 is 3.05 bits per heavy atom. The minimum atomic E-state index is 0.116. The first-order valence-electron chi connectivity index (χ1n) is 7.16. The van der Waals surface area contributed by atoms with Gasteiger partial charge in [-0.3, -0.25) is 4.79 Å². The molecule has 0 spiro atoms. The molecule has 0 radical (unpaired) electrons. The molecule has 0 unspecified atom stereocenters. The summed E-state index contributed by atoms with van der Waals surface area (Å²) in [6, 6.07) is 8.05. The molecular formula is C16H23NO2S. The van der Waals surface area contributed by atoms with Crippen molar-refractivity contribution in [1.82, 2.24) is 5.32 Å². The molecule has 110 valence electrons. The Balaban J connectivity index is 1.85. The van der Waals surface area contributed by atoms with Gasteiger partial charge in [-0.15, -0.1) is 0 Å². The molecule has 1 aromatic rings. The Hall–Kier alpha value is -1.16. The third kappa shape index (κ3) is 4.44. The minimum absolute atomic E-state index is 0.116. The van der Waals surface area contributed by atoms with Crippen LogP contribution in [0.25, 0.3) is 0 Å². The summed E-state index contributed by atoms with van der Waals surface area (Å²) < 4.78 is 5.18. The van der Waals surface area contributed by atoms with E-state index in [1.54, 1.807) is 7.11 Å². The molecule has 1 amide bonds. The minimum Gasteiger partial charge on any atom is -0.497 e. The lowest BCUT2D eigenvalue weighted by molar-refractivity contribution is -0.121. The summed E-state index contributed by atoms with van der Waals surface area (Å²) in [6.07, 6.45) is 7.30. The largest absolute Gasteiger partial charge is 0.497 e. The zero-order valence-electron chi connectivity index (χ0n) is 12.2. The highest BCUT2D eigenvalue weighted by molar-refractivity contribution is 7.99. The maximum Gasteiger partial charge on any atom is 0.224 e. The van der Waals surface area contributed by atoms with Crippen molar-refractivity contribution in [3.8, 4) is 5.75 Å². The van der Waals surface area contributed by atoms with Crippen molar-refractivity contribution in [3.05, 3.63) is 29.8 Å². The normalized spacial score (nSPS) is 22.3. The lowest BCUT2D eigenvalue weighted by Crippen LogP contribution is -2.39. The van der Waals surface area contributed by atoms with E-state index < -0.39 is 0 Å². The molecule has 1 aliphatic carbocycles. The summed E-state index contributed by atoms with van der Waals surface area (Å²) >= 11 is 1.92. The third-order valence-electron chi connectivity index (χ3n) is 3.82. The van der Waals surface area contributed by atoms with Crippen LogP contribution in [0.2, 0.25) is 0 Å². The second-order valence-electron chi connectivity index (χ2n) is 5.32.